The Morgan fingerprint density at radius 3 is 2.13 bits per heavy atom. The minimum Gasteiger partial charge on any atom is -0.497 e. The summed E-state index contributed by atoms with van der Waals surface area (Å²) in [5.41, 5.74) is 2.94. The molecule has 0 aliphatic heterocycles. The smallest absolute Gasteiger partial charge is 0.289 e. The molecule has 2 N–H and O–H groups in total. The minimum absolute atomic E-state index is 0.00422. The maximum absolute atomic E-state index is 13.6. The molecule has 3 rings (SSSR count). The minimum atomic E-state index is -1.06. The number of carbonyl (C=O) groups excluding carboxylic acids is 3. The summed E-state index contributed by atoms with van der Waals surface area (Å²) in [6, 6.07) is 20.9. The van der Waals surface area contributed by atoms with Crippen molar-refractivity contribution in [2.75, 3.05) is 41.5 Å². The third-order valence-electron chi connectivity index (χ3n) is 6.77. The SMILES string of the molecule is CCC/C(=C\c1ccc(OCOC)c(OCOC)c1)C(=O)N[C@@H](Cc1ccccc1)C(=O)C(=O)NCCc1ccc(OC)cc1. The predicted octanol–water partition coefficient (Wildman–Crippen LogP) is 4.50. The molecule has 0 aliphatic rings. The average molecular weight is 619 g/mol. The van der Waals surface area contributed by atoms with Crippen LogP contribution in [0.25, 0.3) is 6.08 Å². The van der Waals surface area contributed by atoms with E-state index >= 15 is 0 Å². The van der Waals surface area contributed by atoms with E-state index in [-0.39, 0.29) is 26.6 Å². The first-order valence-electron chi connectivity index (χ1n) is 14.8. The maximum atomic E-state index is 13.6. The van der Waals surface area contributed by atoms with E-state index in [1.165, 1.54) is 14.2 Å². The molecular weight excluding hydrogens is 576 g/mol. The first-order chi connectivity index (χ1) is 21.9. The lowest BCUT2D eigenvalue weighted by molar-refractivity contribution is -0.139. The Hall–Kier alpha value is -4.67. The molecule has 45 heavy (non-hydrogen) atoms. The molecule has 0 saturated heterocycles. The molecule has 0 aliphatic carbocycles. The van der Waals surface area contributed by atoms with Gasteiger partial charge < -0.3 is 34.3 Å². The first kappa shape index (κ1) is 34.8. The van der Waals surface area contributed by atoms with E-state index in [4.69, 9.17) is 23.7 Å². The van der Waals surface area contributed by atoms with Gasteiger partial charge in [-0.1, -0.05) is 61.9 Å². The Bertz CT molecular complexity index is 1410. The second kappa shape index (κ2) is 18.9. The van der Waals surface area contributed by atoms with Crippen LogP contribution in [0.2, 0.25) is 0 Å². The standard InChI is InChI=1S/C35H42N2O8/c1-5-9-28(20-27-14-17-31(44-23-41-2)32(22-27)45-24-42-3)34(39)37-30(21-26-10-7-6-8-11-26)33(38)35(40)36-19-18-25-12-15-29(43-4)16-13-25/h6-8,10-17,20,22,30H,5,9,18-19,21,23-24H2,1-4H3,(H,36,40)(H,37,39)/b28-20+/t30-/m0/s1. The van der Waals surface area contributed by atoms with E-state index < -0.39 is 23.6 Å². The maximum Gasteiger partial charge on any atom is 0.289 e. The lowest BCUT2D eigenvalue weighted by Gasteiger charge is -2.19. The van der Waals surface area contributed by atoms with Gasteiger partial charge in [0, 0.05) is 32.8 Å². The average Bonchev–Trinajstić information content (AvgIpc) is 3.06. The summed E-state index contributed by atoms with van der Waals surface area (Å²) in [5.74, 6) is -0.287. The number of benzene rings is 3. The first-order valence-corrected chi connectivity index (χ1v) is 14.8. The number of hydrogen-bond acceptors (Lipinski definition) is 8. The van der Waals surface area contributed by atoms with E-state index in [2.05, 4.69) is 10.6 Å². The van der Waals surface area contributed by atoms with Crippen LogP contribution in [-0.2, 0) is 36.7 Å². The monoisotopic (exact) mass is 618 g/mol. The van der Waals surface area contributed by atoms with Crippen molar-refractivity contribution < 1.29 is 38.1 Å². The number of carbonyl (C=O) groups is 3. The summed E-state index contributed by atoms with van der Waals surface area (Å²) in [7, 11) is 4.63. The number of amides is 2. The summed E-state index contributed by atoms with van der Waals surface area (Å²) in [6.07, 6.45) is 3.56. The molecule has 3 aromatic rings. The highest BCUT2D eigenvalue weighted by atomic mass is 16.7. The van der Waals surface area contributed by atoms with Crippen LogP contribution in [0.3, 0.4) is 0 Å². The Balaban J connectivity index is 1.78. The van der Waals surface area contributed by atoms with E-state index in [9.17, 15) is 14.4 Å². The largest absolute Gasteiger partial charge is 0.497 e. The van der Waals surface area contributed by atoms with E-state index in [0.717, 1.165) is 16.9 Å². The fourth-order valence-corrected chi connectivity index (χ4v) is 4.48. The molecule has 1 atom stereocenters. The van der Waals surface area contributed by atoms with Gasteiger partial charge in [-0.25, -0.2) is 0 Å². The number of ketones is 1. The third kappa shape index (κ3) is 11.4. The van der Waals surface area contributed by atoms with Crippen molar-refractivity contribution in [3.8, 4) is 17.2 Å². The number of Topliss-reactive ketones (excluding diaryl/α,β-unsaturated/α-hetero) is 1. The Kier molecular flexibility index (Phi) is 14.6. The quantitative estimate of drug-likeness (QED) is 0.115. The molecule has 240 valence electrons. The van der Waals surface area contributed by atoms with Gasteiger partial charge in [0.2, 0.25) is 11.7 Å². The second-order valence-corrected chi connectivity index (χ2v) is 10.2. The van der Waals surface area contributed by atoms with Crippen LogP contribution < -0.4 is 24.8 Å². The van der Waals surface area contributed by atoms with Crippen LogP contribution in [-0.4, -0.2) is 65.1 Å². The summed E-state index contributed by atoms with van der Waals surface area (Å²) < 4.78 is 26.4. The van der Waals surface area contributed by atoms with Crippen LogP contribution in [0.5, 0.6) is 17.2 Å². The van der Waals surface area contributed by atoms with Crippen LogP contribution in [0.1, 0.15) is 36.5 Å². The van der Waals surface area contributed by atoms with Gasteiger partial charge in [-0.2, -0.15) is 0 Å². The van der Waals surface area contributed by atoms with Crippen molar-refractivity contribution in [3.63, 3.8) is 0 Å². The second-order valence-electron chi connectivity index (χ2n) is 10.2. The number of rotatable bonds is 19. The van der Waals surface area contributed by atoms with Gasteiger partial charge in [0.1, 0.15) is 11.8 Å². The van der Waals surface area contributed by atoms with Crippen molar-refractivity contribution >= 4 is 23.7 Å². The predicted molar refractivity (Wildman–Crippen MR) is 171 cm³/mol. The van der Waals surface area contributed by atoms with Crippen LogP contribution >= 0.6 is 0 Å². The van der Waals surface area contributed by atoms with Crippen LogP contribution in [0.15, 0.2) is 78.4 Å². The molecule has 10 heteroatoms. The van der Waals surface area contributed by atoms with E-state index in [1.54, 1.807) is 31.4 Å². The highest BCUT2D eigenvalue weighted by Crippen LogP contribution is 2.30. The highest BCUT2D eigenvalue weighted by Gasteiger charge is 2.28. The third-order valence-corrected chi connectivity index (χ3v) is 6.77. The highest BCUT2D eigenvalue weighted by molar-refractivity contribution is 6.38. The Morgan fingerprint density at radius 2 is 1.49 bits per heavy atom. The van der Waals surface area contributed by atoms with E-state index in [0.29, 0.717) is 41.9 Å². The van der Waals surface area contributed by atoms with E-state index in [1.807, 2.05) is 61.5 Å². The van der Waals surface area contributed by atoms with Gasteiger partial charge in [0.05, 0.1) is 7.11 Å². The van der Waals surface area contributed by atoms with Crippen molar-refractivity contribution in [1.82, 2.24) is 10.6 Å². The molecule has 0 aromatic heterocycles. The molecule has 0 unspecified atom stereocenters. The lowest BCUT2D eigenvalue weighted by atomic mass is 10.00. The van der Waals surface area contributed by atoms with Crippen molar-refractivity contribution in [3.05, 3.63) is 95.1 Å². The summed E-state index contributed by atoms with van der Waals surface area (Å²) >= 11 is 0. The zero-order valence-corrected chi connectivity index (χ0v) is 26.3. The molecule has 3 aromatic carbocycles. The van der Waals surface area contributed by atoms with Crippen LogP contribution in [0, 0.1) is 0 Å². The molecular formula is C35H42N2O8. The zero-order chi connectivity index (χ0) is 32.4. The number of nitrogens with one attached hydrogen (secondary N) is 2. The van der Waals surface area contributed by atoms with Gasteiger partial charge in [0.15, 0.2) is 25.1 Å². The molecule has 0 spiro atoms. The summed E-state index contributed by atoms with van der Waals surface area (Å²) in [6.45, 7) is 2.26. The molecule has 0 radical (unpaired) electrons. The van der Waals surface area contributed by atoms with Gasteiger partial charge >= 0.3 is 0 Å². The fraction of sp³-hybridized carbons (Fsp3) is 0.343. The summed E-state index contributed by atoms with van der Waals surface area (Å²) in [4.78, 5) is 40.0. The van der Waals surface area contributed by atoms with Crippen molar-refractivity contribution in [2.45, 2.75) is 38.6 Å². The molecule has 0 heterocycles. The normalized spacial score (nSPS) is 11.8. The lowest BCUT2D eigenvalue weighted by Crippen LogP contribution is -2.49. The van der Waals surface area contributed by atoms with Gasteiger partial charge in [-0.15, -0.1) is 0 Å². The van der Waals surface area contributed by atoms with Crippen molar-refractivity contribution in [2.24, 2.45) is 0 Å². The number of methoxy groups -OCH3 is 3. The van der Waals surface area contributed by atoms with Crippen molar-refractivity contribution in [1.29, 1.82) is 0 Å². The Morgan fingerprint density at radius 1 is 0.800 bits per heavy atom. The zero-order valence-electron chi connectivity index (χ0n) is 26.3. The van der Waals surface area contributed by atoms with Gasteiger partial charge in [0.25, 0.3) is 5.91 Å². The number of hydrogen-bond donors (Lipinski definition) is 2. The van der Waals surface area contributed by atoms with Gasteiger partial charge in [-0.3, -0.25) is 14.4 Å². The molecule has 10 nitrogen and oxygen atoms in total. The summed E-state index contributed by atoms with van der Waals surface area (Å²) in [5, 5.41) is 5.54. The topological polar surface area (TPSA) is 121 Å². The molecule has 2 amide bonds. The molecule has 0 saturated carbocycles. The molecule has 0 fully saturated rings. The fourth-order valence-electron chi connectivity index (χ4n) is 4.48. The number of ether oxygens (including phenoxy) is 5. The van der Waals surface area contributed by atoms with Crippen LogP contribution in [0.4, 0.5) is 0 Å². The Labute approximate surface area is 264 Å². The van der Waals surface area contributed by atoms with Gasteiger partial charge in [-0.05, 0) is 59.9 Å². The molecule has 0 bridgehead atoms.